The number of hydrogen-bond donors (Lipinski definition) is 2. The van der Waals surface area contributed by atoms with Crippen molar-refractivity contribution in [3.63, 3.8) is 0 Å². The predicted molar refractivity (Wildman–Crippen MR) is 117 cm³/mol. The zero-order chi connectivity index (χ0) is 19.6. The Balaban J connectivity index is 0.000000211. The van der Waals surface area contributed by atoms with Gasteiger partial charge in [0.2, 0.25) is 0 Å². The summed E-state index contributed by atoms with van der Waals surface area (Å²) in [7, 11) is -1.34. The lowest BCUT2D eigenvalue weighted by atomic mass is 9.81. The van der Waals surface area contributed by atoms with Crippen LogP contribution in [-0.4, -0.2) is 17.2 Å². The minimum atomic E-state index is -1.34. The Morgan fingerprint density at radius 3 is 0.964 bits per heavy atom. The van der Waals surface area contributed by atoms with Gasteiger partial charge in [0.05, 0.1) is 0 Å². The van der Waals surface area contributed by atoms with E-state index >= 15 is 0 Å². The van der Waals surface area contributed by atoms with E-state index in [9.17, 15) is 0 Å². The van der Waals surface area contributed by atoms with Crippen LogP contribution < -0.4 is 10.4 Å². The second kappa shape index (κ2) is 10.1. The van der Waals surface area contributed by atoms with E-state index in [2.05, 4.69) is 77.7 Å². The first-order valence-corrected chi connectivity index (χ1v) is 9.12. The van der Waals surface area contributed by atoms with Crippen molar-refractivity contribution in [3.05, 3.63) is 121 Å². The minimum Gasteiger partial charge on any atom is -0.423 e. The molecule has 0 spiro atoms. The molecule has 0 aromatic heterocycles. The van der Waals surface area contributed by atoms with Crippen molar-refractivity contribution < 1.29 is 10.0 Å². The molecule has 0 aliphatic carbocycles. The van der Waals surface area contributed by atoms with Crippen molar-refractivity contribution in [3.8, 4) is 0 Å². The van der Waals surface area contributed by atoms with Crippen LogP contribution in [0.25, 0.3) is 0 Å². The van der Waals surface area contributed by atoms with E-state index in [1.54, 1.807) is 24.3 Å². The third-order valence-corrected chi connectivity index (χ3v) is 4.14. The third-order valence-electron chi connectivity index (χ3n) is 4.14. The van der Waals surface area contributed by atoms with Gasteiger partial charge in [-0.3, -0.25) is 0 Å². The lowest BCUT2D eigenvalue weighted by Crippen LogP contribution is -2.29. The minimum absolute atomic E-state index is 0.525. The third kappa shape index (κ3) is 5.33. The number of rotatable bonds is 4. The Morgan fingerprint density at radius 2 is 0.714 bits per heavy atom. The number of benzene rings is 4. The molecule has 2 N–H and O–H groups in total. The van der Waals surface area contributed by atoms with Gasteiger partial charge >= 0.3 is 7.12 Å². The topological polar surface area (TPSA) is 43.7 Å². The van der Waals surface area contributed by atoms with Crippen LogP contribution in [0.3, 0.4) is 0 Å². The van der Waals surface area contributed by atoms with Crippen molar-refractivity contribution in [1.29, 1.82) is 0 Å². The summed E-state index contributed by atoms with van der Waals surface area (Å²) in [5.41, 5.74) is 4.03. The van der Waals surface area contributed by atoms with Gasteiger partial charge in [-0.05, 0) is 41.9 Å². The van der Waals surface area contributed by atoms with Crippen molar-refractivity contribution in [2.75, 3.05) is 4.90 Å². The molecule has 28 heavy (non-hydrogen) atoms. The van der Waals surface area contributed by atoms with Gasteiger partial charge in [0.25, 0.3) is 0 Å². The highest BCUT2D eigenvalue weighted by molar-refractivity contribution is 6.58. The summed E-state index contributed by atoms with van der Waals surface area (Å²) < 4.78 is 0. The first kappa shape index (κ1) is 19.4. The summed E-state index contributed by atoms with van der Waals surface area (Å²) in [5.74, 6) is 0. The average molecular weight is 367 g/mol. The van der Waals surface area contributed by atoms with Gasteiger partial charge in [-0.15, -0.1) is 0 Å². The van der Waals surface area contributed by atoms with Gasteiger partial charge < -0.3 is 14.9 Å². The first-order valence-electron chi connectivity index (χ1n) is 9.12. The molecule has 0 radical (unpaired) electrons. The molecule has 138 valence electrons. The van der Waals surface area contributed by atoms with Crippen molar-refractivity contribution >= 4 is 29.6 Å². The maximum Gasteiger partial charge on any atom is 0.488 e. The molecule has 0 unspecified atom stereocenters. The van der Waals surface area contributed by atoms with Crippen molar-refractivity contribution in [1.82, 2.24) is 0 Å². The fourth-order valence-electron chi connectivity index (χ4n) is 2.80. The molecule has 3 nitrogen and oxygen atoms in total. The van der Waals surface area contributed by atoms with E-state index in [1.807, 2.05) is 24.3 Å². The van der Waals surface area contributed by atoms with Gasteiger partial charge in [-0.25, -0.2) is 0 Å². The monoisotopic (exact) mass is 367 g/mol. The molecule has 0 atom stereocenters. The summed E-state index contributed by atoms with van der Waals surface area (Å²) in [6.07, 6.45) is 0. The zero-order valence-electron chi connectivity index (χ0n) is 15.5. The second-order valence-corrected chi connectivity index (χ2v) is 6.13. The fraction of sp³-hybridized carbons (Fsp3) is 0. The molecule has 0 bridgehead atoms. The molecule has 4 aromatic carbocycles. The Hall–Kier alpha value is -3.34. The van der Waals surface area contributed by atoms with Crippen LogP contribution in [0.1, 0.15) is 0 Å². The van der Waals surface area contributed by atoms with E-state index in [0.717, 1.165) is 0 Å². The first-order chi connectivity index (χ1) is 13.8. The summed E-state index contributed by atoms with van der Waals surface area (Å²) in [6.45, 7) is 0. The highest BCUT2D eigenvalue weighted by Crippen LogP contribution is 2.33. The summed E-state index contributed by atoms with van der Waals surface area (Å²) >= 11 is 0. The molecule has 0 fully saturated rings. The molecule has 0 saturated carbocycles. The van der Waals surface area contributed by atoms with Crippen LogP contribution in [0.2, 0.25) is 0 Å². The molecule has 0 aliphatic heterocycles. The van der Waals surface area contributed by atoms with Crippen LogP contribution in [0.5, 0.6) is 0 Å². The molecule has 0 saturated heterocycles. The number of anilines is 3. The fourth-order valence-corrected chi connectivity index (χ4v) is 2.80. The van der Waals surface area contributed by atoms with E-state index in [-0.39, 0.29) is 0 Å². The lowest BCUT2D eigenvalue weighted by Gasteiger charge is -2.25. The SMILES string of the molecule is OB(O)c1ccccc1.c1ccc(N(c2ccccc2)c2ccccc2)cc1. The highest BCUT2D eigenvalue weighted by atomic mass is 16.4. The van der Waals surface area contributed by atoms with E-state index < -0.39 is 7.12 Å². The van der Waals surface area contributed by atoms with Crippen molar-refractivity contribution in [2.24, 2.45) is 0 Å². The van der Waals surface area contributed by atoms with Crippen molar-refractivity contribution in [2.45, 2.75) is 0 Å². The standard InChI is InChI=1S/C18H15N.C6H7BO2/c1-4-10-16(11-5-1)19(17-12-6-2-7-13-17)18-14-8-3-9-15-18;8-7(9)6-4-2-1-3-5-6/h1-15H;1-5,8-9H. The molecule has 0 amide bonds. The van der Waals surface area contributed by atoms with Gasteiger partial charge in [-0.1, -0.05) is 84.9 Å². The van der Waals surface area contributed by atoms with Crippen LogP contribution in [0.15, 0.2) is 121 Å². The highest BCUT2D eigenvalue weighted by Gasteiger charge is 2.10. The number of para-hydroxylation sites is 3. The van der Waals surface area contributed by atoms with E-state index in [0.29, 0.717) is 5.46 Å². The molecular formula is C24H22BNO2. The van der Waals surface area contributed by atoms with Gasteiger partial charge in [0.15, 0.2) is 0 Å². The summed E-state index contributed by atoms with van der Waals surface area (Å²) in [5, 5.41) is 17.2. The molecule has 0 aliphatic rings. The maximum absolute atomic E-state index is 8.58. The second-order valence-electron chi connectivity index (χ2n) is 6.13. The van der Waals surface area contributed by atoms with Crippen LogP contribution in [0.4, 0.5) is 17.1 Å². The Bertz CT molecular complexity index is 839. The number of hydrogen-bond acceptors (Lipinski definition) is 3. The van der Waals surface area contributed by atoms with Crippen LogP contribution >= 0.6 is 0 Å². The molecule has 4 aromatic rings. The largest absolute Gasteiger partial charge is 0.488 e. The summed E-state index contributed by atoms with van der Waals surface area (Å²) in [6, 6.07) is 39.9. The van der Waals surface area contributed by atoms with Crippen LogP contribution in [-0.2, 0) is 0 Å². The lowest BCUT2D eigenvalue weighted by molar-refractivity contribution is 0.426. The average Bonchev–Trinajstić information content (AvgIpc) is 2.77. The smallest absolute Gasteiger partial charge is 0.423 e. The number of nitrogens with zero attached hydrogens (tertiary/aromatic N) is 1. The Morgan fingerprint density at radius 1 is 0.429 bits per heavy atom. The molecule has 4 rings (SSSR count). The Kier molecular flexibility index (Phi) is 7.02. The Labute approximate surface area is 166 Å². The van der Waals surface area contributed by atoms with E-state index in [1.165, 1.54) is 17.1 Å². The summed E-state index contributed by atoms with van der Waals surface area (Å²) in [4.78, 5) is 2.25. The van der Waals surface area contributed by atoms with Gasteiger partial charge in [0, 0.05) is 17.1 Å². The maximum atomic E-state index is 8.58. The normalized spacial score (nSPS) is 9.79. The zero-order valence-corrected chi connectivity index (χ0v) is 15.5. The quantitative estimate of drug-likeness (QED) is 0.521. The predicted octanol–water partition coefficient (Wildman–Crippen LogP) is 4.52. The molecule has 4 heteroatoms. The van der Waals surface area contributed by atoms with E-state index in [4.69, 9.17) is 10.0 Å². The van der Waals surface area contributed by atoms with Gasteiger partial charge in [-0.2, -0.15) is 0 Å². The molecular weight excluding hydrogens is 345 g/mol. The van der Waals surface area contributed by atoms with Gasteiger partial charge in [0.1, 0.15) is 0 Å². The van der Waals surface area contributed by atoms with Crippen LogP contribution in [0, 0.1) is 0 Å². The molecule has 0 heterocycles.